The lowest BCUT2D eigenvalue weighted by molar-refractivity contribution is 0.0683. The Morgan fingerprint density at radius 1 is 0.354 bits per heavy atom. The number of benzene rings is 12. The zero-order valence-corrected chi connectivity index (χ0v) is 78.5. The van der Waals surface area contributed by atoms with Crippen molar-refractivity contribution < 1.29 is 90.6 Å². The van der Waals surface area contributed by atoms with Crippen LogP contribution in [0.2, 0.25) is 5.02 Å². The summed E-state index contributed by atoms with van der Waals surface area (Å²) in [4.78, 5) is 68.6. The van der Waals surface area contributed by atoms with Crippen LogP contribution in [0.25, 0.3) is 159 Å². The molecule has 8 aromatic heterocycles. The van der Waals surface area contributed by atoms with Crippen LogP contribution in [-0.2, 0) is 20.5 Å². The highest BCUT2D eigenvalue weighted by Gasteiger charge is 2.25. The standard InChI is InChI=1S/C19H18N2O4.C18H15ClN2O3.2C18H13N3O3.C17H13N3O3.C17H15N3O3.CH4/c1-11(2)12-4-6-13(7-5-12)17-20-21-18(25-17)14-8-9-16(24-3)15(10-14)19(22)23;1-10(2)11-6-8-12(9-7-11)16-20-21-17(24-16)13-4-3-5-14(15(13)19)18(22)23;1-21-9-8-13-14(6-3-7-15(13)21)17-20-19-16(24-17)11-4-2-5-12(10-11)18(22)23;1-21-10-14(13-7-2-3-8-15(13)21)17-20-19-16(24-17)11-5-4-6-12(9-11)18(22)23;21-17(22)13-3-1-2-11(8-13)15-19-20-16(23-15)12-5-4-10-6-7-18-14(10)9-12;1-20(2)14-6-4-3-5-13(14)16-19-18-15(23-16)11-7-9-12(10-8-11)17(21)22;/h4-11H,1-3H3,(H,22,23);3-10H,1-2H3,(H,22,23);2*2-10H,1H3,(H,22,23);1-5,8-9,18H,6-7H2,(H,21,22);3-10H,1-2H3,(H,21,22);1H4. The Hall–Kier alpha value is -18.9. The van der Waals surface area contributed by atoms with Crippen molar-refractivity contribution in [3.63, 3.8) is 0 Å². The zero-order chi connectivity index (χ0) is 101. The van der Waals surface area contributed by atoms with Gasteiger partial charge in [-0.15, -0.1) is 61.2 Å². The molecule has 144 heavy (non-hydrogen) atoms. The molecule has 0 saturated heterocycles. The van der Waals surface area contributed by atoms with Gasteiger partial charge in [0.15, 0.2) is 0 Å². The van der Waals surface area contributed by atoms with Crippen LogP contribution in [0.5, 0.6) is 5.75 Å². The van der Waals surface area contributed by atoms with Crippen LogP contribution in [0, 0.1) is 0 Å². The minimum atomic E-state index is -1.11. The molecular weight excluding hydrogens is 1860 g/mol. The molecule has 20 aromatic rings. The first kappa shape index (κ1) is 99.5. The molecule has 36 heteroatoms. The van der Waals surface area contributed by atoms with E-state index in [1.54, 1.807) is 72.8 Å². The Balaban J connectivity index is 0.000000130. The first-order valence-electron chi connectivity index (χ1n) is 44.2. The van der Waals surface area contributed by atoms with Crippen LogP contribution in [0.15, 0.2) is 312 Å². The molecule has 7 N–H and O–H groups in total. The van der Waals surface area contributed by atoms with Crippen LogP contribution in [-0.4, -0.2) is 165 Å². The minimum Gasteiger partial charge on any atom is -0.496 e. The molecule has 9 heterocycles. The second-order valence-electron chi connectivity index (χ2n) is 33.1. The quantitative estimate of drug-likeness (QED) is 0.0331. The van der Waals surface area contributed by atoms with Gasteiger partial charge in [-0.05, 0) is 217 Å². The normalized spacial score (nSPS) is 11.1. The molecule has 0 atom stereocenters. The molecular formula is C108H91ClN16O19. The molecule has 0 bridgehead atoms. The Labute approximate surface area is 826 Å². The number of nitrogens with one attached hydrogen (secondary N) is 1. The third-order valence-corrected chi connectivity index (χ3v) is 23.2. The first-order chi connectivity index (χ1) is 69.0. The number of aryl methyl sites for hydroxylation is 2. The van der Waals surface area contributed by atoms with Gasteiger partial charge in [-0.3, -0.25) is 0 Å². The Morgan fingerprint density at radius 2 is 0.715 bits per heavy atom. The van der Waals surface area contributed by atoms with Gasteiger partial charge in [0.1, 0.15) is 11.3 Å². The zero-order valence-electron chi connectivity index (χ0n) is 77.8. The van der Waals surface area contributed by atoms with E-state index in [4.69, 9.17) is 68.4 Å². The van der Waals surface area contributed by atoms with E-state index in [0.717, 1.165) is 79.5 Å². The van der Waals surface area contributed by atoms with Crippen molar-refractivity contribution in [2.45, 2.75) is 53.4 Å². The second-order valence-corrected chi connectivity index (χ2v) is 33.4. The van der Waals surface area contributed by atoms with E-state index in [1.807, 2.05) is 188 Å². The predicted octanol–water partition coefficient (Wildman–Crippen LogP) is 23.2. The molecule has 0 amide bonds. The summed E-state index contributed by atoms with van der Waals surface area (Å²) in [5.74, 6) is -0.896. The summed E-state index contributed by atoms with van der Waals surface area (Å²) < 4.78 is 43.5. The first-order valence-corrected chi connectivity index (χ1v) is 44.6. The number of hydrogen-bond acceptors (Lipinski definition) is 27. The number of carboxylic acids is 6. The van der Waals surface area contributed by atoms with E-state index in [1.165, 1.54) is 84.5 Å². The topological polar surface area (TPSA) is 492 Å². The molecule has 35 nitrogen and oxygen atoms in total. The van der Waals surface area contributed by atoms with Crippen LogP contribution in [0.4, 0.5) is 11.4 Å². The van der Waals surface area contributed by atoms with Gasteiger partial charge in [0.25, 0.3) is 0 Å². The van der Waals surface area contributed by atoms with E-state index in [-0.39, 0.29) is 63.4 Å². The molecule has 12 aromatic carbocycles. The van der Waals surface area contributed by atoms with E-state index in [0.29, 0.717) is 104 Å². The van der Waals surface area contributed by atoms with Gasteiger partial charge < -0.3 is 81.2 Å². The summed E-state index contributed by atoms with van der Waals surface area (Å²) in [6.45, 7) is 9.44. The minimum absolute atomic E-state index is 0. The lowest BCUT2D eigenvalue weighted by Crippen LogP contribution is -2.09. The number of aromatic nitrogens is 14. The Morgan fingerprint density at radius 3 is 1.19 bits per heavy atom. The molecule has 0 fully saturated rings. The number of aromatic carboxylic acids is 6. The molecule has 21 rings (SSSR count). The van der Waals surface area contributed by atoms with Gasteiger partial charge >= 0.3 is 35.8 Å². The average Bonchev–Trinajstić information content (AvgIpc) is 1.63. The van der Waals surface area contributed by atoms with Crippen molar-refractivity contribution in [3.8, 4) is 143 Å². The van der Waals surface area contributed by atoms with Gasteiger partial charge in [0.2, 0.25) is 70.7 Å². The summed E-state index contributed by atoms with van der Waals surface area (Å²) in [6, 6.07) is 80.4. The number of fused-ring (bicyclic) bond motifs is 3. The summed E-state index contributed by atoms with van der Waals surface area (Å²) in [7, 11) is 9.25. The van der Waals surface area contributed by atoms with Crippen molar-refractivity contribution in [2.24, 2.45) is 14.1 Å². The number of para-hydroxylation sites is 2. The number of halogens is 1. The number of carboxylic acid groups (broad SMARTS) is 6. The van der Waals surface area contributed by atoms with Gasteiger partial charge in [0, 0.05) is 130 Å². The SMILES string of the molecule is C.CC(C)c1ccc(-c2nnc(-c3cccc(C(=O)O)c3Cl)o2)cc1.CN(C)c1ccccc1-c1nnc(-c2ccc(C(=O)O)cc2)o1.COc1ccc(-c2nnc(-c3ccc(C(C)C)cc3)o2)cc1C(=O)O.Cn1cc(-c2nnc(-c3cccc(C(=O)O)c3)o2)c2ccccc21.Cn1ccc2c(-c3nnc(-c4cccc(C(=O)O)c4)o3)cccc21.O=C(O)c1cccc(-c2nnc(-c3ccc4c(c3)NCC4)o2)c1. The molecule has 0 spiro atoms. The number of ether oxygens (including phenoxy) is 1. The molecule has 0 unspecified atom stereocenters. The number of methoxy groups -OCH3 is 1. The van der Waals surface area contributed by atoms with Gasteiger partial charge in [-0.2, -0.15) is 0 Å². The fraction of sp³-hybridized carbons (Fsp3) is 0.130. The fourth-order valence-electron chi connectivity index (χ4n) is 15.2. The highest BCUT2D eigenvalue weighted by Crippen LogP contribution is 2.39. The van der Waals surface area contributed by atoms with Crippen molar-refractivity contribution in [2.75, 3.05) is 38.0 Å². The molecule has 1 aliphatic rings. The average molecular weight is 1950 g/mol. The van der Waals surface area contributed by atoms with Crippen LogP contribution < -0.4 is 15.0 Å². The van der Waals surface area contributed by atoms with Crippen LogP contribution >= 0.6 is 11.6 Å². The van der Waals surface area contributed by atoms with Crippen molar-refractivity contribution in [3.05, 3.63) is 340 Å². The lowest BCUT2D eigenvalue weighted by Gasteiger charge is -2.14. The summed E-state index contributed by atoms with van der Waals surface area (Å²) in [5, 5.41) is 109. The van der Waals surface area contributed by atoms with E-state index >= 15 is 0 Å². The number of anilines is 2. The van der Waals surface area contributed by atoms with Gasteiger partial charge in [-0.25, -0.2) is 28.8 Å². The molecule has 1 aliphatic heterocycles. The molecule has 724 valence electrons. The second kappa shape index (κ2) is 44.3. The lowest BCUT2D eigenvalue weighted by atomic mass is 10.0. The third-order valence-electron chi connectivity index (χ3n) is 22.8. The summed E-state index contributed by atoms with van der Waals surface area (Å²) in [6.07, 6.45) is 4.93. The fourth-order valence-corrected chi connectivity index (χ4v) is 15.5. The van der Waals surface area contributed by atoms with Crippen LogP contribution in [0.1, 0.15) is 126 Å². The third kappa shape index (κ3) is 22.7. The number of hydrogen-bond donors (Lipinski definition) is 7. The maximum atomic E-state index is 11.3. The maximum absolute atomic E-state index is 11.3. The van der Waals surface area contributed by atoms with Gasteiger partial charge in [-0.1, -0.05) is 138 Å². The number of nitrogens with zero attached hydrogens (tertiary/aromatic N) is 15. The van der Waals surface area contributed by atoms with Crippen LogP contribution in [0.3, 0.4) is 0 Å². The smallest absolute Gasteiger partial charge is 0.339 e. The van der Waals surface area contributed by atoms with Gasteiger partial charge in [0.05, 0.1) is 56.6 Å². The maximum Gasteiger partial charge on any atom is 0.339 e. The predicted molar refractivity (Wildman–Crippen MR) is 539 cm³/mol. The highest BCUT2D eigenvalue weighted by atomic mass is 35.5. The summed E-state index contributed by atoms with van der Waals surface area (Å²) in [5.41, 5.74) is 17.1. The molecule has 0 radical (unpaired) electrons. The van der Waals surface area contributed by atoms with E-state index < -0.39 is 35.8 Å². The largest absolute Gasteiger partial charge is 0.496 e. The van der Waals surface area contributed by atoms with E-state index in [2.05, 4.69) is 100 Å². The Kier molecular flexibility index (Phi) is 30.6. The Bertz CT molecular complexity index is 8060. The molecule has 0 saturated carbocycles. The van der Waals surface area contributed by atoms with E-state index in [9.17, 15) is 33.9 Å². The monoisotopic (exact) mass is 1950 g/mol. The van der Waals surface area contributed by atoms with Crippen molar-refractivity contribution >= 4 is 80.6 Å². The number of rotatable bonds is 22. The summed E-state index contributed by atoms with van der Waals surface area (Å²) >= 11 is 6.14. The molecule has 0 aliphatic carbocycles. The number of carbonyl (C=O) groups is 6. The van der Waals surface area contributed by atoms with Crippen molar-refractivity contribution in [1.29, 1.82) is 0 Å². The highest BCUT2D eigenvalue weighted by molar-refractivity contribution is 6.36. The van der Waals surface area contributed by atoms with Crippen molar-refractivity contribution in [1.82, 2.24) is 70.3 Å².